The molecule has 2 heterocycles. The number of ether oxygens (including phenoxy) is 1. The number of carbonyl (C=O) groups excluding carboxylic acids is 1. The second-order valence-corrected chi connectivity index (χ2v) is 14.2. The van der Waals surface area contributed by atoms with Gasteiger partial charge in [-0.25, -0.2) is 4.79 Å². The molecule has 0 saturated carbocycles. The fourth-order valence-corrected chi connectivity index (χ4v) is 5.55. The zero-order valence-electron chi connectivity index (χ0n) is 19.2. The molecule has 0 fully saturated rings. The lowest BCUT2D eigenvalue weighted by Gasteiger charge is -2.38. The number of hydrogen-bond acceptors (Lipinski definition) is 3. The van der Waals surface area contributed by atoms with Gasteiger partial charge in [0.2, 0.25) is 0 Å². The van der Waals surface area contributed by atoms with Gasteiger partial charge >= 0.3 is 6.09 Å². The Kier molecular flexibility index (Phi) is 6.08. The van der Waals surface area contributed by atoms with Crippen molar-refractivity contribution < 1.29 is 9.53 Å². The lowest BCUT2D eigenvalue weighted by Crippen LogP contribution is -2.44. The van der Waals surface area contributed by atoms with E-state index < -0.39 is 8.24 Å². The Morgan fingerprint density at radius 1 is 1.13 bits per heavy atom. The summed E-state index contributed by atoms with van der Waals surface area (Å²) in [5, 5.41) is 1.28. The molecule has 160 valence electrons. The van der Waals surface area contributed by atoms with Crippen LogP contribution in [0.25, 0.3) is 22.0 Å². The molecule has 0 N–H and O–H groups in total. The maximum absolute atomic E-state index is 12.7. The van der Waals surface area contributed by atoms with E-state index in [1.165, 1.54) is 5.52 Å². The van der Waals surface area contributed by atoms with Gasteiger partial charge in [0.1, 0.15) is 5.75 Å². The third-order valence-corrected chi connectivity index (χ3v) is 11.7. The first-order valence-corrected chi connectivity index (χ1v) is 13.6. The van der Waals surface area contributed by atoms with E-state index in [2.05, 4.69) is 61.4 Å². The molecule has 0 bridgehead atoms. The number of pyridine rings is 1. The summed E-state index contributed by atoms with van der Waals surface area (Å²) in [6.45, 7) is 16.9. The van der Waals surface area contributed by atoms with Crippen molar-refractivity contribution in [3.8, 4) is 16.9 Å². The third kappa shape index (κ3) is 3.88. The van der Waals surface area contributed by atoms with Crippen LogP contribution in [0.3, 0.4) is 0 Å². The Morgan fingerprint density at radius 3 is 2.40 bits per heavy atom. The molecule has 5 nitrogen and oxygen atoms in total. The third-order valence-electron chi connectivity index (χ3n) is 6.44. The first-order chi connectivity index (χ1) is 14.1. The molecule has 1 aromatic carbocycles. The minimum Gasteiger partial charge on any atom is -0.410 e. The zero-order chi connectivity index (χ0) is 22.1. The van der Waals surface area contributed by atoms with E-state index in [1.54, 1.807) is 11.1 Å². The number of rotatable bonds is 5. The average Bonchev–Trinajstić information content (AvgIpc) is 3.13. The molecule has 3 rings (SSSR count). The smallest absolute Gasteiger partial charge is 0.410 e. The molecular formula is C24H33N3O2Si. The molecule has 0 saturated heterocycles. The molecule has 0 spiro atoms. The van der Waals surface area contributed by atoms with Gasteiger partial charge in [-0.3, -0.25) is 4.98 Å². The maximum atomic E-state index is 12.7. The summed E-state index contributed by atoms with van der Waals surface area (Å²) in [5.41, 5.74) is 3.03. The first kappa shape index (κ1) is 22.1. The first-order valence-electron chi connectivity index (χ1n) is 10.6. The van der Waals surface area contributed by atoms with Crippen LogP contribution in [0.2, 0.25) is 18.1 Å². The monoisotopic (exact) mass is 423 g/mol. The Balaban J connectivity index is 2.21. The standard InChI is InChI=1S/C24H33N3O2Si/c1-8-26(9-2)23(28)29-21-13-12-20-19(22(21)18-11-10-15-25-17-18)14-16-27(20)30(6,7)24(3,4)5/h10-17H,8-9H2,1-7H3. The highest BCUT2D eigenvalue weighted by molar-refractivity contribution is 6.79. The van der Waals surface area contributed by atoms with Gasteiger partial charge in [-0.15, -0.1) is 0 Å². The molecular weight excluding hydrogens is 390 g/mol. The van der Waals surface area contributed by atoms with Gasteiger partial charge in [0.25, 0.3) is 0 Å². The number of aromatic nitrogens is 2. The van der Waals surface area contributed by atoms with Crippen molar-refractivity contribution in [3.05, 3.63) is 48.9 Å². The molecule has 0 radical (unpaired) electrons. The molecule has 0 atom stereocenters. The summed E-state index contributed by atoms with van der Waals surface area (Å²) in [4.78, 5) is 18.7. The highest BCUT2D eigenvalue weighted by Crippen LogP contribution is 2.42. The van der Waals surface area contributed by atoms with E-state index in [-0.39, 0.29) is 11.1 Å². The predicted octanol–water partition coefficient (Wildman–Crippen LogP) is 6.40. The summed E-state index contributed by atoms with van der Waals surface area (Å²) >= 11 is 0. The number of amides is 1. The van der Waals surface area contributed by atoms with Crippen molar-refractivity contribution >= 4 is 25.2 Å². The normalized spacial score (nSPS) is 12.2. The van der Waals surface area contributed by atoms with Crippen LogP contribution < -0.4 is 4.74 Å². The van der Waals surface area contributed by atoms with E-state index >= 15 is 0 Å². The summed E-state index contributed by atoms with van der Waals surface area (Å²) in [6.07, 6.45) is 5.45. The van der Waals surface area contributed by atoms with Crippen molar-refractivity contribution in [2.24, 2.45) is 0 Å². The van der Waals surface area contributed by atoms with Crippen LogP contribution in [0, 0.1) is 0 Å². The topological polar surface area (TPSA) is 47.4 Å². The molecule has 0 aliphatic carbocycles. The quantitative estimate of drug-likeness (QED) is 0.446. The molecule has 1 amide bonds. The Bertz CT molecular complexity index is 1030. The fraction of sp³-hybridized carbons (Fsp3) is 0.417. The Labute approximate surface area is 180 Å². The molecule has 6 heteroatoms. The van der Waals surface area contributed by atoms with E-state index in [4.69, 9.17) is 4.74 Å². The van der Waals surface area contributed by atoms with Gasteiger partial charge in [0.15, 0.2) is 8.24 Å². The van der Waals surface area contributed by atoms with Gasteiger partial charge in [-0.05, 0) is 49.3 Å². The van der Waals surface area contributed by atoms with Gasteiger partial charge in [0.05, 0.1) is 0 Å². The largest absolute Gasteiger partial charge is 0.415 e. The van der Waals surface area contributed by atoms with Crippen LogP contribution in [0.5, 0.6) is 5.75 Å². The number of benzene rings is 1. The van der Waals surface area contributed by atoms with Crippen LogP contribution in [-0.2, 0) is 0 Å². The fourth-order valence-electron chi connectivity index (χ4n) is 3.58. The second kappa shape index (κ2) is 8.26. The molecule has 0 aliphatic heterocycles. The number of hydrogen-bond donors (Lipinski definition) is 0. The lowest BCUT2D eigenvalue weighted by atomic mass is 10.0. The van der Waals surface area contributed by atoms with Crippen molar-refractivity contribution in [3.63, 3.8) is 0 Å². The summed E-state index contributed by atoms with van der Waals surface area (Å²) < 4.78 is 8.33. The minimum atomic E-state index is -1.81. The van der Waals surface area contributed by atoms with Crippen molar-refractivity contribution in [1.82, 2.24) is 14.1 Å². The van der Waals surface area contributed by atoms with E-state index in [0.717, 1.165) is 16.5 Å². The van der Waals surface area contributed by atoms with Crippen LogP contribution in [0.1, 0.15) is 34.6 Å². The minimum absolute atomic E-state index is 0.196. The van der Waals surface area contributed by atoms with Crippen LogP contribution in [0.4, 0.5) is 4.79 Å². The van der Waals surface area contributed by atoms with Gasteiger partial charge < -0.3 is 13.9 Å². The number of carbonyl (C=O) groups is 1. The molecule has 0 unspecified atom stereocenters. The lowest BCUT2D eigenvalue weighted by molar-refractivity contribution is 0.157. The van der Waals surface area contributed by atoms with Crippen molar-refractivity contribution in [1.29, 1.82) is 0 Å². The van der Waals surface area contributed by atoms with Crippen molar-refractivity contribution in [2.45, 2.75) is 52.8 Å². The summed E-state index contributed by atoms with van der Waals surface area (Å²) in [6, 6.07) is 10.1. The van der Waals surface area contributed by atoms with E-state index in [9.17, 15) is 4.79 Å². The van der Waals surface area contributed by atoms with E-state index in [1.807, 2.05) is 38.2 Å². The Morgan fingerprint density at radius 2 is 1.83 bits per heavy atom. The highest BCUT2D eigenvalue weighted by atomic mass is 28.3. The molecule has 3 aromatic rings. The molecule has 0 aliphatic rings. The maximum Gasteiger partial charge on any atom is 0.415 e. The Hall–Kier alpha value is -2.60. The van der Waals surface area contributed by atoms with Crippen LogP contribution in [0.15, 0.2) is 48.9 Å². The number of fused-ring (bicyclic) bond motifs is 1. The predicted molar refractivity (Wildman–Crippen MR) is 127 cm³/mol. The highest BCUT2D eigenvalue weighted by Gasteiger charge is 2.38. The number of nitrogens with zero attached hydrogens (tertiary/aromatic N) is 3. The van der Waals surface area contributed by atoms with Crippen molar-refractivity contribution in [2.75, 3.05) is 13.1 Å². The van der Waals surface area contributed by atoms with Crippen LogP contribution >= 0.6 is 0 Å². The van der Waals surface area contributed by atoms with Gasteiger partial charge in [-0.1, -0.05) is 39.9 Å². The SMILES string of the molecule is CCN(CC)C(=O)Oc1ccc2c(ccn2[Si](C)(C)C(C)(C)C)c1-c1cccnc1. The second-order valence-electron chi connectivity index (χ2n) is 9.15. The summed E-state index contributed by atoms with van der Waals surface area (Å²) in [5.74, 6) is 0.570. The summed E-state index contributed by atoms with van der Waals surface area (Å²) in [7, 11) is -1.81. The zero-order valence-corrected chi connectivity index (χ0v) is 20.2. The van der Waals surface area contributed by atoms with Crippen LogP contribution in [-0.4, -0.2) is 41.5 Å². The van der Waals surface area contributed by atoms with E-state index in [0.29, 0.717) is 18.8 Å². The molecule has 2 aromatic heterocycles. The van der Waals surface area contributed by atoms with Gasteiger partial charge in [-0.2, -0.15) is 0 Å². The molecule has 30 heavy (non-hydrogen) atoms. The average molecular weight is 424 g/mol. The van der Waals surface area contributed by atoms with Gasteiger partial charge in [0, 0.05) is 47.5 Å².